The van der Waals surface area contributed by atoms with Crippen molar-refractivity contribution >= 4 is 39.1 Å². The van der Waals surface area contributed by atoms with Gasteiger partial charge < -0.3 is 10.2 Å². The summed E-state index contributed by atoms with van der Waals surface area (Å²) < 4.78 is 0.957. The van der Waals surface area contributed by atoms with E-state index in [1.165, 1.54) is 0 Å². The molecule has 0 spiro atoms. The predicted molar refractivity (Wildman–Crippen MR) is 99.1 cm³/mol. The van der Waals surface area contributed by atoms with Crippen molar-refractivity contribution in [3.63, 3.8) is 0 Å². The first-order valence-electron chi connectivity index (χ1n) is 8.03. The SMILES string of the molecule is CCc1ccccc1N1C[C@@H](C(=O)Nc2ccc(Br)cc2)CC1=O. The Balaban J connectivity index is 1.72. The van der Waals surface area contributed by atoms with Crippen LogP contribution in [0.1, 0.15) is 18.9 Å². The van der Waals surface area contributed by atoms with Crippen LogP contribution in [0.15, 0.2) is 53.0 Å². The summed E-state index contributed by atoms with van der Waals surface area (Å²) in [6, 6.07) is 15.3. The van der Waals surface area contributed by atoms with Gasteiger partial charge in [-0.1, -0.05) is 41.1 Å². The van der Waals surface area contributed by atoms with Gasteiger partial charge in [0.25, 0.3) is 0 Å². The molecule has 1 atom stereocenters. The molecule has 124 valence electrons. The monoisotopic (exact) mass is 386 g/mol. The van der Waals surface area contributed by atoms with Gasteiger partial charge in [-0.15, -0.1) is 0 Å². The average Bonchev–Trinajstić information content (AvgIpc) is 2.98. The number of nitrogens with zero attached hydrogens (tertiary/aromatic N) is 1. The van der Waals surface area contributed by atoms with Crippen LogP contribution in [0, 0.1) is 5.92 Å². The van der Waals surface area contributed by atoms with Crippen LogP contribution in [-0.4, -0.2) is 18.4 Å². The topological polar surface area (TPSA) is 49.4 Å². The second kappa shape index (κ2) is 7.18. The van der Waals surface area contributed by atoms with Crippen molar-refractivity contribution < 1.29 is 9.59 Å². The molecule has 1 aliphatic heterocycles. The minimum Gasteiger partial charge on any atom is -0.326 e. The lowest BCUT2D eigenvalue weighted by atomic mass is 10.1. The molecule has 0 bridgehead atoms. The van der Waals surface area contributed by atoms with E-state index in [1.807, 2.05) is 48.5 Å². The summed E-state index contributed by atoms with van der Waals surface area (Å²) in [7, 11) is 0. The first kappa shape index (κ1) is 16.7. The quantitative estimate of drug-likeness (QED) is 0.862. The summed E-state index contributed by atoms with van der Waals surface area (Å²) in [5, 5.41) is 2.89. The molecule has 24 heavy (non-hydrogen) atoms. The summed E-state index contributed by atoms with van der Waals surface area (Å²) in [6.07, 6.45) is 1.11. The van der Waals surface area contributed by atoms with Crippen molar-refractivity contribution in [3.05, 3.63) is 58.6 Å². The maximum atomic E-state index is 12.5. The zero-order valence-electron chi connectivity index (χ0n) is 13.5. The van der Waals surface area contributed by atoms with E-state index in [0.717, 1.165) is 27.8 Å². The third-order valence-corrected chi connectivity index (χ3v) is 4.80. The van der Waals surface area contributed by atoms with Gasteiger partial charge in [0.15, 0.2) is 0 Å². The van der Waals surface area contributed by atoms with E-state index in [9.17, 15) is 9.59 Å². The van der Waals surface area contributed by atoms with E-state index in [1.54, 1.807) is 4.90 Å². The zero-order valence-corrected chi connectivity index (χ0v) is 15.0. The molecule has 5 heteroatoms. The Bertz CT molecular complexity index is 758. The first-order valence-corrected chi connectivity index (χ1v) is 8.82. The molecule has 1 N–H and O–H groups in total. The second-order valence-corrected chi connectivity index (χ2v) is 6.80. The van der Waals surface area contributed by atoms with Gasteiger partial charge in [-0.05, 0) is 42.3 Å². The van der Waals surface area contributed by atoms with Crippen LogP contribution in [0.4, 0.5) is 11.4 Å². The van der Waals surface area contributed by atoms with Crippen LogP contribution in [0.25, 0.3) is 0 Å². The van der Waals surface area contributed by atoms with E-state index >= 15 is 0 Å². The number of carbonyl (C=O) groups is 2. The summed E-state index contributed by atoms with van der Waals surface area (Å²) in [5.74, 6) is -0.430. The highest BCUT2D eigenvalue weighted by Gasteiger charge is 2.35. The normalized spacial score (nSPS) is 17.2. The Morgan fingerprint density at radius 1 is 1.21 bits per heavy atom. The van der Waals surface area contributed by atoms with Crippen molar-refractivity contribution in [3.8, 4) is 0 Å². The van der Waals surface area contributed by atoms with Gasteiger partial charge in [0, 0.05) is 28.8 Å². The highest BCUT2D eigenvalue weighted by Crippen LogP contribution is 2.29. The van der Waals surface area contributed by atoms with E-state index in [0.29, 0.717) is 6.54 Å². The smallest absolute Gasteiger partial charge is 0.229 e. The number of anilines is 2. The third kappa shape index (κ3) is 3.51. The minimum absolute atomic E-state index is 0.00635. The Kier molecular flexibility index (Phi) is 5.00. The van der Waals surface area contributed by atoms with E-state index in [-0.39, 0.29) is 24.2 Å². The Morgan fingerprint density at radius 3 is 2.62 bits per heavy atom. The van der Waals surface area contributed by atoms with Crippen molar-refractivity contribution in [2.75, 3.05) is 16.8 Å². The molecule has 2 aromatic rings. The maximum absolute atomic E-state index is 12.5. The van der Waals surface area contributed by atoms with Gasteiger partial charge in [-0.2, -0.15) is 0 Å². The van der Waals surface area contributed by atoms with Crippen molar-refractivity contribution in [2.24, 2.45) is 5.92 Å². The standard InChI is InChI=1S/C19H19BrN2O2/c1-2-13-5-3-4-6-17(13)22-12-14(11-18(22)23)19(24)21-16-9-7-15(20)8-10-16/h3-10,14H,2,11-12H2,1H3,(H,21,24)/t14-/m0/s1. The summed E-state index contributed by atoms with van der Waals surface area (Å²) in [4.78, 5) is 26.6. The molecule has 0 aliphatic carbocycles. The molecule has 2 amide bonds. The molecule has 2 aromatic carbocycles. The van der Waals surface area contributed by atoms with E-state index < -0.39 is 0 Å². The van der Waals surface area contributed by atoms with E-state index in [4.69, 9.17) is 0 Å². The van der Waals surface area contributed by atoms with Crippen molar-refractivity contribution in [1.29, 1.82) is 0 Å². The molecule has 4 nitrogen and oxygen atoms in total. The highest BCUT2D eigenvalue weighted by molar-refractivity contribution is 9.10. The predicted octanol–water partition coefficient (Wildman–Crippen LogP) is 4.00. The Labute approximate surface area is 150 Å². The number of hydrogen-bond acceptors (Lipinski definition) is 2. The summed E-state index contributed by atoms with van der Waals surface area (Å²) in [5.41, 5.74) is 2.78. The fourth-order valence-electron chi connectivity index (χ4n) is 2.97. The van der Waals surface area contributed by atoms with E-state index in [2.05, 4.69) is 28.2 Å². The highest BCUT2D eigenvalue weighted by atomic mass is 79.9. The number of aryl methyl sites for hydroxylation is 1. The second-order valence-electron chi connectivity index (χ2n) is 5.88. The first-order chi connectivity index (χ1) is 11.6. The third-order valence-electron chi connectivity index (χ3n) is 4.27. The minimum atomic E-state index is -0.328. The Hall–Kier alpha value is -2.14. The maximum Gasteiger partial charge on any atom is 0.229 e. The molecule has 1 aliphatic rings. The van der Waals surface area contributed by atoms with Gasteiger partial charge in [0.2, 0.25) is 11.8 Å². The lowest BCUT2D eigenvalue weighted by molar-refractivity contribution is -0.122. The van der Waals surface area contributed by atoms with Crippen molar-refractivity contribution in [2.45, 2.75) is 19.8 Å². The number of halogens is 1. The largest absolute Gasteiger partial charge is 0.326 e. The lowest BCUT2D eigenvalue weighted by Crippen LogP contribution is -2.28. The molecule has 1 fully saturated rings. The van der Waals surface area contributed by atoms with Crippen molar-refractivity contribution in [1.82, 2.24) is 0 Å². The van der Waals surface area contributed by atoms with Crippen LogP contribution in [0.3, 0.4) is 0 Å². The number of rotatable bonds is 4. The van der Waals surface area contributed by atoms with Gasteiger partial charge in [-0.25, -0.2) is 0 Å². The number of benzene rings is 2. The Morgan fingerprint density at radius 2 is 1.92 bits per heavy atom. The average molecular weight is 387 g/mol. The fourth-order valence-corrected chi connectivity index (χ4v) is 3.23. The van der Waals surface area contributed by atoms with Gasteiger partial charge >= 0.3 is 0 Å². The summed E-state index contributed by atoms with van der Waals surface area (Å²) >= 11 is 3.37. The number of amides is 2. The van der Waals surface area contributed by atoms with Gasteiger partial charge in [-0.3, -0.25) is 9.59 Å². The fraction of sp³-hybridized carbons (Fsp3) is 0.263. The molecule has 1 saturated heterocycles. The van der Waals surface area contributed by atoms with Crippen LogP contribution in [0.5, 0.6) is 0 Å². The number of para-hydroxylation sites is 1. The van der Waals surface area contributed by atoms with Gasteiger partial charge in [0.1, 0.15) is 0 Å². The molecule has 0 saturated carbocycles. The van der Waals surface area contributed by atoms with Crippen LogP contribution in [0.2, 0.25) is 0 Å². The van der Waals surface area contributed by atoms with Crippen LogP contribution < -0.4 is 10.2 Å². The number of hydrogen-bond donors (Lipinski definition) is 1. The molecule has 3 rings (SSSR count). The number of nitrogens with one attached hydrogen (secondary N) is 1. The molecular weight excluding hydrogens is 368 g/mol. The molecule has 0 radical (unpaired) electrons. The molecule has 0 unspecified atom stereocenters. The van der Waals surface area contributed by atoms with Gasteiger partial charge in [0.05, 0.1) is 5.92 Å². The summed E-state index contributed by atoms with van der Waals surface area (Å²) in [6.45, 7) is 2.50. The zero-order chi connectivity index (χ0) is 17.1. The number of carbonyl (C=O) groups excluding carboxylic acids is 2. The molecular formula is C19H19BrN2O2. The van der Waals surface area contributed by atoms with Crippen LogP contribution >= 0.6 is 15.9 Å². The molecule has 1 heterocycles. The van der Waals surface area contributed by atoms with Crippen LogP contribution in [-0.2, 0) is 16.0 Å². The molecule has 0 aromatic heterocycles. The lowest BCUT2D eigenvalue weighted by Gasteiger charge is -2.20.